The molecule has 6 heteroatoms. The van der Waals surface area contributed by atoms with Crippen LogP contribution in [0.1, 0.15) is 30.1 Å². The minimum atomic E-state index is -0.0335. The summed E-state index contributed by atoms with van der Waals surface area (Å²) in [5, 5.41) is 3.85. The molecule has 0 saturated carbocycles. The molecule has 0 unspecified atom stereocenters. The maximum atomic E-state index is 12.7. The van der Waals surface area contributed by atoms with E-state index < -0.39 is 0 Å². The second kappa shape index (κ2) is 6.52. The number of aromatic nitrogens is 2. The van der Waals surface area contributed by atoms with Crippen molar-refractivity contribution >= 4 is 23.4 Å². The lowest BCUT2D eigenvalue weighted by Gasteiger charge is -2.32. The zero-order chi connectivity index (χ0) is 15.5. The van der Waals surface area contributed by atoms with E-state index in [-0.39, 0.29) is 11.2 Å². The number of benzene rings is 1. The van der Waals surface area contributed by atoms with Gasteiger partial charge in [-0.1, -0.05) is 22.9 Å². The predicted molar refractivity (Wildman–Crippen MR) is 86.9 cm³/mol. The summed E-state index contributed by atoms with van der Waals surface area (Å²) in [6.45, 7) is 4.61. The van der Waals surface area contributed by atoms with Gasteiger partial charge in [-0.05, 0) is 31.9 Å². The molecule has 2 aromatic rings. The zero-order valence-electron chi connectivity index (χ0n) is 12.8. The van der Waals surface area contributed by atoms with E-state index in [1.54, 1.807) is 18.7 Å². The average Bonchev–Trinajstić information content (AvgIpc) is 2.93. The lowest BCUT2D eigenvalue weighted by molar-refractivity contribution is -0.119. The van der Waals surface area contributed by atoms with E-state index in [1.165, 1.54) is 5.56 Å². The van der Waals surface area contributed by atoms with Crippen LogP contribution in [-0.4, -0.2) is 27.8 Å². The van der Waals surface area contributed by atoms with E-state index in [2.05, 4.69) is 10.1 Å². The van der Waals surface area contributed by atoms with Crippen molar-refractivity contribution in [2.24, 2.45) is 0 Å². The average molecular weight is 317 g/mol. The molecule has 1 aromatic carbocycles. The standard InChI is InChI=1S/C16H19N3O2S/c1-11-5-7-13(8-6-11)19-9-3-4-14(16(19)20)22-10-15-17-12(2)21-18-15/h5-8,14H,3-4,9-10H2,1-2H3/t14-/m1/s1. The largest absolute Gasteiger partial charge is 0.340 e. The lowest BCUT2D eigenvalue weighted by Crippen LogP contribution is -2.43. The van der Waals surface area contributed by atoms with Crippen molar-refractivity contribution in [3.05, 3.63) is 41.5 Å². The first-order valence-corrected chi connectivity index (χ1v) is 8.47. The van der Waals surface area contributed by atoms with Crippen molar-refractivity contribution in [1.29, 1.82) is 0 Å². The minimum absolute atomic E-state index is 0.0335. The number of thioether (sulfide) groups is 1. The molecule has 5 nitrogen and oxygen atoms in total. The van der Waals surface area contributed by atoms with E-state index in [9.17, 15) is 4.79 Å². The molecule has 0 bridgehead atoms. The highest BCUT2D eigenvalue weighted by Gasteiger charge is 2.30. The normalized spacial score (nSPS) is 18.7. The van der Waals surface area contributed by atoms with E-state index >= 15 is 0 Å². The fraction of sp³-hybridized carbons (Fsp3) is 0.438. The zero-order valence-corrected chi connectivity index (χ0v) is 13.6. The highest BCUT2D eigenvalue weighted by Crippen LogP contribution is 2.29. The van der Waals surface area contributed by atoms with E-state index in [4.69, 9.17) is 4.52 Å². The van der Waals surface area contributed by atoms with Gasteiger partial charge in [-0.25, -0.2) is 0 Å². The molecule has 1 aliphatic heterocycles. The van der Waals surface area contributed by atoms with Crippen LogP contribution in [0.25, 0.3) is 0 Å². The molecule has 1 aromatic heterocycles. The molecule has 1 saturated heterocycles. The summed E-state index contributed by atoms with van der Waals surface area (Å²) >= 11 is 1.60. The Hall–Kier alpha value is -1.82. The van der Waals surface area contributed by atoms with Gasteiger partial charge in [-0.3, -0.25) is 4.79 Å². The van der Waals surface area contributed by atoms with Gasteiger partial charge in [0.2, 0.25) is 11.8 Å². The quantitative estimate of drug-likeness (QED) is 0.867. The smallest absolute Gasteiger partial charge is 0.240 e. The Balaban J connectivity index is 1.65. The molecule has 1 atom stereocenters. The van der Waals surface area contributed by atoms with Crippen LogP contribution < -0.4 is 4.90 Å². The molecule has 116 valence electrons. The molecule has 0 spiro atoms. The van der Waals surface area contributed by atoms with Crippen LogP contribution in [0, 0.1) is 13.8 Å². The number of hydrogen-bond donors (Lipinski definition) is 0. The number of nitrogens with zero attached hydrogens (tertiary/aromatic N) is 3. The third kappa shape index (κ3) is 3.32. The first kappa shape index (κ1) is 15.1. The van der Waals surface area contributed by atoms with E-state index in [0.717, 1.165) is 25.1 Å². The van der Waals surface area contributed by atoms with Gasteiger partial charge in [0.15, 0.2) is 5.82 Å². The lowest BCUT2D eigenvalue weighted by atomic mass is 10.1. The van der Waals surface area contributed by atoms with Crippen LogP contribution in [0.15, 0.2) is 28.8 Å². The molecule has 3 rings (SSSR count). The van der Waals surface area contributed by atoms with Gasteiger partial charge in [-0.15, -0.1) is 11.8 Å². The monoisotopic (exact) mass is 317 g/mol. The summed E-state index contributed by atoms with van der Waals surface area (Å²) in [6, 6.07) is 8.12. The highest BCUT2D eigenvalue weighted by molar-refractivity contribution is 7.99. The number of hydrogen-bond acceptors (Lipinski definition) is 5. The molecule has 1 aliphatic rings. The van der Waals surface area contributed by atoms with Crippen LogP contribution in [-0.2, 0) is 10.5 Å². The molecular weight excluding hydrogens is 298 g/mol. The summed E-state index contributed by atoms with van der Waals surface area (Å²) in [5.41, 5.74) is 2.18. The Labute approximate surface area is 134 Å². The Morgan fingerprint density at radius 1 is 1.32 bits per heavy atom. The maximum absolute atomic E-state index is 12.7. The topological polar surface area (TPSA) is 59.2 Å². The van der Waals surface area contributed by atoms with Crippen LogP contribution in [0.5, 0.6) is 0 Å². The molecule has 0 radical (unpaired) electrons. The van der Waals surface area contributed by atoms with Crippen molar-refractivity contribution in [3.8, 4) is 0 Å². The molecule has 22 heavy (non-hydrogen) atoms. The SMILES string of the molecule is Cc1ccc(N2CCC[C@@H](SCc3noc(C)n3)C2=O)cc1. The minimum Gasteiger partial charge on any atom is -0.340 e. The van der Waals surface area contributed by atoms with Crippen molar-refractivity contribution < 1.29 is 9.32 Å². The van der Waals surface area contributed by atoms with Crippen LogP contribution >= 0.6 is 11.8 Å². The van der Waals surface area contributed by atoms with Crippen molar-refractivity contribution in [2.75, 3.05) is 11.4 Å². The van der Waals surface area contributed by atoms with Gasteiger partial charge in [0.1, 0.15) is 0 Å². The van der Waals surface area contributed by atoms with Gasteiger partial charge >= 0.3 is 0 Å². The molecule has 1 fully saturated rings. The third-order valence-electron chi connectivity index (χ3n) is 3.72. The van der Waals surface area contributed by atoms with Gasteiger partial charge < -0.3 is 9.42 Å². The number of amides is 1. The number of anilines is 1. The molecule has 1 amide bonds. The molecular formula is C16H19N3O2S. The summed E-state index contributed by atoms with van der Waals surface area (Å²) < 4.78 is 4.96. The fourth-order valence-electron chi connectivity index (χ4n) is 2.55. The Bertz CT molecular complexity index is 654. The fourth-order valence-corrected chi connectivity index (χ4v) is 3.62. The Morgan fingerprint density at radius 2 is 2.09 bits per heavy atom. The van der Waals surface area contributed by atoms with Gasteiger partial charge in [0, 0.05) is 19.2 Å². The third-order valence-corrected chi connectivity index (χ3v) is 4.98. The van der Waals surface area contributed by atoms with Gasteiger partial charge in [-0.2, -0.15) is 4.98 Å². The first-order valence-electron chi connectivity index (χ1n) is 7.42. The van der Waals surface area contributed by atoms with Crippen molar-refractivity contribution in [3.63, 3.8) is 0 Å². The number of aryl methyl sites for hydroxylation is 2. The van der Waals surface area contributed by atoms with Gasteiger partial charge in [0.05, 0.1) is 11.0 Å². The second-order valence-corrected chi connectivity index (χ2v) is 6.69. The predicted octanol–water partition coefficient (Wildman–Crippen LogP) is 3.12. The summed E-state index contributed by atoms with van der Waals surface area (Å²) in [6.07, 6.45) is 1.92. The van der Waals surface area contributed by atoms with E-state index in [0.29, 0.717) is 17.5 Å². The summed E-state index contributed by atoms with van der Waals surface area (Å²) in [5.74, 6) is 2.00. The number of rotatable bonds is 4. The highest BCUT2D eigenvalue weighted by atomic mass is 32.2. The van der Waals surface area contributed by atoms with Crippen LogP contribution in [0.3, 0.4) is 0 Å². The van der Waals surface area contributed by atoms with Gasteiger partial charge in [0.25, 0.3) is 0 Å². The number of carbonyl (C=O) groups is 1. The van der Waals surface area contributed by atoms with Crippen LogP contribution in [0.4, 0.5) is 5.69 Å². The maximum Gasteiger partial charge on any atom is 0.240 e. The number of piperidine rings is 1. The Morgan fingerprint density at radius 3 is 2.77 bits per heavy atom. The molecule has 0 aliphatic carbocycles. The molecule has 2 heterocycles. The first-order chi connectivity index (χ1) is 10.6. The van der Waals surface area contributed by atoms with Crippen molar-refractivity contribution in [1.82, 2.24) is 10.1 Å². The van der Waals surface area contributed by atoms with Crippen LogP contribution in [0.2, 0.25) is 0 Å². The summed E-state index contributed by atoms with van der Waals surface area (Å²) in [7, 11) is 0. The Kier molecular flexibility index (Phi) is 4.47. The van der Waals surface area contributed by atoms with E-state index in [1.807, 2.05) is 36.1 Å². The van der Waals surface area contributed by atoms with Crippen molar-refractivity contribution in [2.45, 2.75) is 37.7 Å². The number of carbonyl (C=O) groups excluding carboxylic acids is 1. The molecule has 0 N–H and O–H groups in total. The summed E-state index contributed by atoms with van der Waals surface area (Å²) in [4.78, 5) is 18.8. The second-order valence-electron chi connectivity index (χ2n) is 5.50.